The molecule has 0 saturated carbocycles. The predicted molar refractivity (Wildman–Crippen MR) is 67.9 cm³/mol. The van der Waals surface area contributed by atoms with Gasteiger partial charge >= 0.3 is 0 Å². The van der Waals surface area contributed by atoms with Crippen molar-refractivity contribution in [2.75, 3.05) is 13.2 Å². The first-order chi connectivity index (χ1) is 8.35. The molecule has 0 saturated heterocycles. The standard InChI is InChI=1S/C13H17N3O/c1-2-17-12-5-3-11(4-6-12)13-9-15-10-16(13)8-7-14/h3-6,9-10H,2,7-8,14H2,1H3. The van der Waals surface area contributed by atoms with E-state index >= 15 is 0 Å². The van der Waals surface area contributed by atoms with Gasteiger partial charge in [-0.2, -0.15) is 0 Å². The van der Waals surface area contributed by atoms with E-state index in [1.165, 1.54) is 0 Å². The molecule has 0 aliphatic rings. The number of hydrogen-bond donors (Lipinski definition) is 1. The number of ether oxygens (including phenoxy) is 1. The summed E-state index contributed by atoms with van der Waals surface area (Å²) in [4.78, 5) is 4.15. The molecule has 0 spiro atoms. The highest BCUT2D eigenvalue weighted by molar-refractivity contribution is 5.59. The van der Waals surface area contributed by atoms with E-state index < -0.39 is 0 Å². The van der Waals surface area contributed by atoms with Gasteiger partial charge in [-0.05, 0) is 31.2 Å². The van der Waals surface area contributed by atoms with Crippen LogP contribution in [-0.4, -0.2) is 22.7 Å². The van der Waals surface area contributed by atoms with Crippen molar-refractivity contribution in [3.8, 4) is 17.0 Å². The lowest BCUT2D eigenvalue weighted by atomic mass is 10.1. The van der Waals surface area contributed by atoms with Gasteiger partial charge in [-0.1, -0.05) is 0 Å². The SMILES string of the molecule is CCOc1ccc(-c2cncn2CCN)cc1. The van der Waals surface area contributed by atoms with Crippen LogP contribution in [0.3, 0.4) is 0 Å². The zero-order valence-corrected chi connectivity index (χ0v) is 9.97. The number of nitrogens with zero attached hydrogens (tertiary/aromatic N) is 2. The van der Waals surface area contributed by atoms with E-state index in [2.05, 4.69) is 9.55 Å². The normalized spacial score (nSPS) is 10.5. The van der Waals surface area contributed by atoms with E-state index in [0.717, 1.165) is 23.6 Å². The Morgan fingerprint density at radius 2 is 2.06 bits per heavy atom. The molecule has 17 heavy (non-hydrogen) atoms. The molecular formula is C13H17N3O. The van der Waals surface area contributed by atoms with Gasteiger partial charge in [0.2, 0.25) is 0 Å². The van der Waals surface area contributed by atoms with Crippen LogP contribution in [0.15, 0.2) is 36.8 Å². The fourth-order valence-corrected chi connectivity index (χ4v) is 1.77. The smallest absolute Gasteiger partial charge is 0.119 e. The fraction of sp³-hybridized carbons (Fsp3) is 0.308. The number of benzene rings is 1. The van der Waals surface area contributed by atoms with Gasteiger partial charge in [0, 0.05) is 18.7 Å². The highest BCUT2D eigenvalue weighted by Crippen LogP contribution is 2.22. The molecule has 1 heterocycles. The minimum Gasteiger partial charge on any atom is -0.494 e. The molecule has 90 valence electrons. The van der Waals surface area contributed by atoms with Gasteiger partial charge in [0.15, 0.2) is 0 Å². The lowest BCUT2D eigenvalue weighted by molar-refractivity contribution is 0.340. The molecule has 2 rings (SSSR count). The quantitative estimate of drug-likeness (QED) is 0.855. The van der Waals surface area contributed by atoms with Crippen LogP contribution in [0.25, 0.3) is 11.3 Å². The van der Waals surface area contributed by atoms with E-state index in [-0.39, 0.29) is 0 Å². The van der Waals surface area contributed by atoms with Gasteiger partial charge in [-0.25, -0.2) is 4.98 Å². The Morgan fingerprint density at radius 1 is 1.29 bits per heavy atom. The Hall–Kier alpha value is -1.81. The molecule has 0 amide bonds. The third-order valence-electron chi connectivity index (χ3n) is 2.54. The van der Waals surface area contributed by atoms with E-state index in [4.69, 9.17) is 10.5 Å². The van der Waals surface area contributed by atoms with Crippen molar-refractivity contribution in [3.63, 3.8) is 0 Å². The Bertz CT molecular complexity index is 462. The van der Waals surface area contributed by atoms with Crippen LogP contribution < -0.4 is 10.5 Å². The van der Waals surface area contributed by atoms with Crippen molar-refractivity contribution in [1.29, 1.82) is 0 Å². The maximum atomic E-state index is 5.56. The summed E-state index contributed by atoms with van der Waals surface area (Å²) in [5.41, 5.74) is 7.77. The van der Waals surface area contributed by atoms with Crippen LogP contribution in [-0.2, 0) is 6.54 Å². The molecule has 0 aliphatic heterocycles. The molecule has 0 unspecified atom stereocenters. The minimum atomic E-state index is 0.611. The number of imidazole rings is 1. The van der Waals surface area contributed by atoms with E-state index in [9.17, 15) is 0 Å². The molecule has 0 radical (unpaired) electrons. The van der Waals surface area contributed by atoms with Crippen LogP contribution in [0.1, 0.15) is 6.92 Å². The summed E-state index contributed by atoms with van der Waals surface area (Å²) in [6.45, 7) is 4.05. The van der Waals surface area contributed by atoms with Crippen LogP contribution in [0.5, 0.6) is 5.75 Å². The van der Waals surface area contributed by atoms with Crippen molar-refractivity contribution in [2.45, 2.75) is 13.5 Å². The van der Waals surface area contributed by atoms with Crippen LogP contribution in [0, 0.1) is 0 Å². The van der Waals surface area contributed by atoms with Gasteiger partial charge in [0.1, 0.15) is 5.75 Å². The van der Waals surface area contributed by atoms with Gasteiger partial charge < -0.3 is 15.0 Å². The van der Waals surface area contributed by atoms with Crippen molar-refractivity contribution >= 4 is 0 Å². The van der Waals surface area contributed by atoms with Gasteiger partial charge in [-0.3, -0.25) is 0 Å². The third-order valence-corrected chi connectivity index (χ3v) is 2.54. The Morgan fingerprint density at radius 3 is 2.71 bits per heavy atom. The van der Waals surface area contributed by atoms with E-state index in [1.807, 2.05) is 37.4 Å². The van der Waals surface area contributed by atoms with Gasteiger partial charge in [0.05, 0.1) is 24.8 Å². The Kier molecular flexibility index (Phi) is 3.77. The summed E-state index contributed by atoms with van der Waals surface area (Å²) in [5.74, 6) is 0.890. The number of hydrogen-bond acceptors (Lipinski definition) is 3. The summed E-state index contributed by atoms with van der Waals surface area (Å²) >= 11 is 0. The van der Waals surface area contributed by atoms with E-state index in [0.29, 0.717) is 13.2 Å². The molecule has 0 aliphatic carbocycles. The molecule has 1 aromatic heterocycles. The first kappa shape index (κ1) is 11.7. The first-order valence-corrected chi connectivity index (χ1v) is 5.78. The summed E-state index contributed by atoms with van der Waals surface area (Å²) in [6, 6.07) is 8.02. The van der Waals surface area contributed by atoms with Crippen molar-refractivity contribution in [2.24, 2.45) is 5.73 Å². The van der Waals surface area contributed by atoms with Crippen LogP contribution in [0.2, 0.25) is 0 Å². The molecule has 0 atom stereocenters. The van der Waals surface area contributed by atoms with Gasteiger partial charge in [-0.15, -0.1) is 0 Å². The first-order valence-electron chi connectivity index (χ1n) is 5.78. The number of aromatic nitrogens is 2. The highest BCUT2D eigenvalue weighted by atomic mass is 16.5. The van der Waals surface area contributed by atoms with Crippen LogP contribution >= 0.6 is 0 Å². The second-order valence-electron chi connectivity index (χ2n) is 3.72. The van der Waals surface area contributed by atoms with E-state index in [1.54, 1.807) is 6.33 Å². The summed E-state index contributed by atoms with van der Waals surface area (Å²) < 4.78 is 7.46. The summed E-state index contributed by atoms with van der Waals surface area (Å²) in [6.07, 6.45) is 3.66. The molecule has 0 bridgehead atoms. The molecular weight excluding hydrogens is 214 g/mol. The Balaban J connectivity index is 2.23. The minimum absolute atomic E-state index is 0.611. The Labute approximate surface area is 101 Å². The molecule has 2 N–H and O–H groups in total. The second-order valence-corrected chi connectivity index (χ2v) is 3.72. The lowest BCUT2D eigenvalue weighted by Gasteiger charge is -2.08. The zero-order valence-electron chi connectivity index (χ0n) is 9.97. The second kappa shape index (κ2) is 5.50. The molecule has 0 fully saturated rings. The third kappa shape index (κ3) is 2.65. The lowest BCUT2D eigenvalue weighted by Crippen LogP contribution is -2.09. The average Bonchev–Trinajstić information content (AvgIpc) is 2.79. The molecule has 4 nitrogen and oxygen atoms in total. The largest absolute Gasteiger partial charge is 0.494 e. The predicted octanol–water partition coefficient (Wildman–Crippen LogP) is 1.91. The molecule has 1 aromatic carbocycles. The van der Waals surface area contributed by atoms with Gasteiger partial charge in [0.25, 0.3) is 0 Å². The topological polar surface area (TPSA) is 53.1 Å². The van der Waals surface area contributed by atoms with Crippen molar-refractivity contribution in [1.82, 2.24) is 9.55 Å². The number of rotatable bonds is 5. The monoisotopic (exact) mass is 231 g/mol. The van der Waals surface area contributed by atoms with Crippen molar-refractivity contribution < 1.29 is 4.74 Å². The summed E-state index contributed by atoms with van der Waals surface area (Å²) in [7, 11) is 0. The van der Waals surface area contributed by atoms with Crippen LogP contribution in [0.4, 0.5) is 0 Å². The van der Waals surface area contributed by atoms with Crippen molar-refractivity contribution in [3.05, 3.63) is 36.8 Å². The highest BCUT2D eigenvalue weighted by Gasteiger charge is 2.04. The molecule has 4 heteroatoms. The molecule has 2 aromatic rings. The fourth-order valence-electron chi connectivity index (χ4n) is 1.77. The maximum absolute atomic E-state index is 5.56. The maximum Gasteiger partial charge on any atom is 0.119 e. The zero-order chi connectivity index (χ0) is 12.1. The summed E-state index contributed by atoms with van der Waals surface area (Å²) in [5, 5.41) is 0. The average molecular weight is 231 g/mol. The number of nitrogens with two attached hydrogens (primary N) is 1.